The van der Waals surface area contributed by atoms with Crippen LogP contribution in [0.25, 0.3) is 11.5 Å². The molecule has 2 aromatic rings. The molecular weight excluding hydrogens is 378 g/mol. The minimum Gasteiger partial charge on any atom is -0.441 e. The highest BCUT2D eigenvalue weighted by Gasteiger charge is 2.29. The number of rotatable bonds is 6. The number of carbonyl (C=O) groups excluding carboxylic acids is 1. The van der Waals surface area contributed by atoms with Gasteiger partial charge in [-0.1, -0.05) is 0 Å². The molecule has 3 rings (SSSR count). The molecule has 1 fully saturated rings. The van der Waals surface area contributed by atoms with Gasteiger partial charge in [0.2, 0.25) is 21.8 Å². The summed E-state index contributed by atoms with van der Waals surface area (Å²) < 4.78 is 32.2. The first-order valence-corrected chi connectivity index (χ1v) is 11.1. The third-order valence-electron chi connectivity index (χ3n) is 5.07. The van der Waals surface area contributed by atoms with E-state index in [1.165, 1.54) is 0 Å². The number of aromatic nitrogens is 1. The lowest BCUT2D eigenvalue weighted by Gasteiger charge is -2.28. The second-order valence-electron chi connectivity index (χ2n) is 7.60. The van der Waals surface area contributed by atoms with Crippen molar-refractivity contribution in [2.45, 2.75) is 57.7 Å². The van der Waals surface area contributed by atoms with Crippen molar-refractivity contribution in [3.8, 4) is 11.5 Å². The summed E-state index contributed by atoms with van der Waals surface area (Å²) in [6, 6.07) is 7.29. The number of anilines is 1. The maximum atomic E-state index is 12.5. The lowest BCUT2D eigenvalue weighted by atomic mass is 9.86. The Labute approximate surface area is 166 Å². The molecule has 8 heteroatoms. The maximum Gasteiger partial charge on any atom is 0.227 e. The molecule has 1 amide bonds. The van der Waals surface area contributed by atoms with Crippen LogP contribution in [0.15, 0.2) is 34.9 Å². The van der Waals surface area contributed by atoms with E-state index in [1.54, 1.807) is 20.0 Å². The molecule has 2 N–H and O–H groups in total. The molecule has 1 saturated carbocycles. The standard InChI is InChI=1S/C20H27N3O4S/c1-13(2)28(25,26)23-18-10-4-15(5-11-18)19(24)22-17-8-6-16(7-9-17)20-21-12-14(3)27-20/h6-9,12-13,15,18,23H,4-5,10-11H2,1-3H3,(H,22,24). The van der Waals surface area contributed by atoms with E-state index in [4.69, 9.17) is 4.42 Å². The summed E-state index contributed by atoms with van der Waals surface area (Å²) >= 11 is 0. The van der Waals surface area contributed by atoms with E-state index < -0.39 is 15.3 Å². The molecule has 0 atom stereocenters. The number of hydrogen-bond donors (Lipinski definition) is 2. The highest BCUT2D eigenvalue weighted by Crippen LogP contribution is 2.27. The molecule has 28 heavy (non-hydrogen) atoms. The Morgan fingerprint density at radius 2 is 1.79 bits per heavy atom. The van der Waals surface area contributed by atoms with Gasteiger partial charge in [-0.25, -0.2) is 18.1 Å². The van der Waals surface area contributed by atoms with Crippen LogP contribution in [0.3, 0.4) is 0 Å². The Morgan fingerprint density at radius 3 is 2.32 bits per heavy atom. The van der Waals surface area contributed by atoms with Crippen LogP contribution in [0.4, 0.5) is 5.69 Å². The van der Waals surface area contributed by atoms with Crippen LogP contribution in [-0.2, 0) is 14.8 Å². The third-order valence-corrected chi connectivity index (χ3v) is 6.97. The van der Waals surface area contributed by atoms with Crippen molar-refractivity contribution >= 4 is 21.6 Å². The van der Waals surface area contributed by atoms with E-state index >= 15 is 0 Å². The monoisotopic (exact) mass is 405 g/mol. The van der Waals surface area contributed by atoms with Gasteiger partial charge < -0.3 is 9.73 Å². The second kappa shape index (κ2) is 8.45. The highest BCUT2D eigenvalue weighted by atomic mass is 32.2. The van der Waals surface area contributed by atoms with E-state index in [0.717, 1.165) is 17.0 Å². The average molecular weight is 406 g/mol. The molecule has 1 aliphatic rings. The molecule has 0 bridgehead atoms. The number of hydrogen-bond acceptors (Lipinski definition) is 5. The van der Waals surface area contributed by atoms with Gasteiger partial charge in [-0.15, -0.1) is 0 Å². The Balaban J connectivity index is 1.52. The van der Waals surface area contributed by atoms with Crippen LogP contribution in [0.2, 0.25) is 0 Å². The number of oxazole rings is 1. The summed E-state index contributed by atoms with van der Waals surface area (Å²) in [6.07, 6.45) is 4.36. The third kappa shape index (κ3) is 4.99. The average Bonchev–Trinajstić information content (AvgIpc) is 3.09. The molecule has 7 nitrogen and oxygen atoms in total. The lowest BCUT2D eigenvalue weighted by molar-refractivity contribution is -0.120. The Hall–Kier alpha value is -2.19. The number of carbonyl (C=O) groups is 1. The Morgan fingerprint density at radius 1 is 1.14 bits per heavy atom. The van der Waals surface area contributed by atoms with Gasteiger partial charge in [-0.3, -0.25) is 4.79 Å². The number of benzene rings is 1. The SMILES string of the molecule is Cc1cnc(-c2ccc(NC(=O)C3CCC(NS(=O)(=O)C(C)C)CC3)cc2)o1. The molecule has 0 aliphatic heterocycles. The van der Waals surface area contributed by atoms with E-state index in [9.17, 15) is 13.2 Å². The highest BCUT2D eigenvalue weighted by molar-refractivity contribution is 7.90. The van der Waals surface area contributed by atoms with E-state index in [2.05, 4.69) is 15.0 Å². The van der Waals surface area contributed by atoms with Crippen LogP contribution in [0.1, 0.15) is 45.3 Å². The number of nitrogens with zero attached hydrogens (tertiary/aromatic N) is 1. The van der Waals surface area contributed by atoms with Crippen molar-refractivity contribution in [3.63, 3.8) is 0 Å². The zero-order chi connectivity index (χ0) is 20.3. The lowest BCUT2D eigenvalue weighted by Crippen LogP contribution is -2.42. The van der Waals surface area contributed by atoms with Gasteiger partial charge >= 0.3 is 0 Å². The fraction of sp³-hybridized carbons (Fsp3) is 0.500. The normalized spacial score (nSPS) is 20.3. The van der Waals surface area contributed by atoms with Crippen molar-refractivity contribution in [2.75, 3.05) is 5.32 Å². The first-order valence-electron chi connectivity index (χ1n) is 9.59. The quantitative estimate of drug-likeness (QED) is 0.766. The van der Waals surface area contributed by atoms with Gasteiger partial charge in [0.1, 0.15) is 5.76 Å². The summed E-state index contributed by atoms with van der Waals surface area (Å²) in [5.41, 5.74) is 1.57. The molecule has 1 aromatic heterocycles. The topological polar surface area (TPSA) is 101 Å². The van der Waals surface area contributed by atoms with Crippen LogP contribution >= 0.6 is 0 Å². The fourth-order valence-electron chi connectivity index (χ4n) is 3.27. The van der Waals surface area contributed by atoms with Gasteiger partial charge in [0.25, 0.3) is 0 Å². The van der Waals surface area contributed by atoms with Crippen LogP contribution in [0.5, 0.6) is 0 Å². The largest absolute Gasteiger partial charge is 0.441 e. The smallest absolute Gasteiger partial charge is 0.227 e. The van der Waals surface area contributed by atoms with Crippen molar-refractivity contribution in [3.05, 3.63) is 36.2 Å². The van der Waals surface area contributed by atoms with E-state index in [1.807, 2.05) is 31.2 Å². The first kappa shape index (κ1) is 20.5. The van der Waals surface area contributed by atoms with Crippen LogP contribution in [-0.4, -0.2) is 30.6 Å². The summed E-state index contributed by atoms with van der Waals surface area (Å²) in [4.78, 5) is 16.7. The van der Waals surface area contributed by atoms with Crippen LogP contribution in [0, 0.1) is 12.8 Å². The molecule has 0 spiro atoms. The predicted octanol–water partition coefficient (Wildman–Crippen LogP) is 3.48. The second-order valence-corrected chi connectivity index (χ2v) is 9.87. The Bertz CT molecular complexity index is 911. The summed E-state index contributed by atoms with van der Waals surface area (Å²) in [5, 5.41) is 2.50. The van der Waals surface area contributed by atoms with Gasteiger partial charge in [0.05, 0.1) is 11.4 Å². The zero-order valence-corrected chi connectivity index (χ0v) is 17.3. The van der Waals surface area contributed by atoms with Crippen molar-refractivity contribution < 1.29 is 17.6 Å². The molecular formula is C20H27N3O4S. The van der Waals surface area contributed by atoms with Crippen LogP contribution < -0.4 is 10.0 Å². The molecule has 0 unspecified atom stereocenters. The molecule has 1 heterocycles. The number of amides is 1. The van der Waals surface area contributed by atoms with Crippen molar-refractivity contribution in [2.24, 2.45) is 5.92 Å². The zero-order valence-electron chi connectivity index (χ0n) is 16.4. The summed E-state index contributed by atoms with van der Waals surface area (Å²) in [5.74, 6) is 1.18. The van der Waals surface area contributed by atoms with Gasteiger partial charge in [0.15, 0.2) is 0 Å². The number of sulfonamides is 1. The predicted molar refractivity (Wildman–Crippen MR) is 108 cm³/mol. The Kier molecular flexibility index (Phi) is 6.20. The molecule has 1 aliphatic carbocycles. The summed E-state index contributed by atoms with van der Waals surface area (Å²) in [6.45, 7) is 5.17. The van der Waals surface area contributed by atoms with Gasteiger partial charge in [-0.2, -0.15) is 0 Å². The molecule has 0 radical (unpaired) electrons. The minimum atomic E-state index is -3.27. The molecule has 0 saturated heterocycles. The van der Waals surface area contributed by atoms with Gasteiger partial charge in [-0.05, 0) is 70.7 Å². The van der Waals surface area contributed by atoms with Gasteiger partial charge in [0, 0.05) is 23.2 Å². The fourth-order valence-corrected chi connectivity index (χ4v) is 4.24. The summed E-state index contributed by atoms with van der Waals surface area (Å²) in [7, 11) is -3.27. The molecule has 1 aromatic carbocycles. The van der Waals surface area contributed by atoms with E-state index in [0.29, 0.717) is 31.6 Å². The van der Waals surface area contributed by atoms with E-state index in [-0.39, 0.29) is 17.9 Å². The van der Waals surface area contributed by atoms with Crippen molar-refractivity contribution in [1.82, 2.24) is 9.71 Å². The number of aryl methyl sites for hydroxylation is 1. The minimum absolute atomic E-state index is 0.0233. The van der Waals surface area contributed by atoms with Crippen molar-refractivity contribution in [1.29, 1.82) is 0 Å². The molecule has 152 valence electrons. The maximum absolute atomic E-state index is 12.5. The number of nitrogens with one attached hydrogen (secondary N) is 2. The first-order chi connectivity index (χ1) is 13.2.